The summed E-state index contributed by atoms with van der Waals surface area (Å²) in [5.41, 5.74) is 0. The molecule has 0 saturated carbocycles. The van der Waals surface area contributed by atoms with Crippen molar-refractivity contribution in [3.63, 3.8) is 0 Å². The van der Waals surface area contributed by atoms with E-state index in [0.29, 0.717) is 12.5 Å². The number of amides is 1. The molecule has 1 amide bonds. The van der Waals surface area contributed by atoms with Gasteiger partial charge in [0.05, 0.1) is 6.04 Å². The lowest BCUT2D eigenvalue weighted by Crippen LogP contribution is -2.41. The predicted octanol–water partition coefficient (Wildman–Crippen LogP) is 0.437. The van der Waals surface area contributed by atoms with Gasteiger partial charge in [0, 0.05) is 0 Å². The fourth-order valence-corrected chi connectivity index (χ4v) is 2.09. The van der Waals surface area contributed by atoms with Gasteiger partial charge in [-0.2, -0.15) is 0 Å². The van der Waals surface area contributed by atoms with E-state index in [1.54, 1.807) is 0 Å². The molecule has 1 N–H and O–H groups in total. The van der Waals surface area contributed by atoms with Crippen molar-refractivity contribution in [2.24, 2.45) is 5.92 Å². The lowest BCUT2D eigenvalue weighted by Gasteiger charge is -2.31. The van der Waals surface area contributed by atoms with Gasteiger partial charge in [0.25, 0.3) is 0 Å². The van der Waals surface area contributed by atoms with Crippen LogP contribution < -0.4 is 5.32 Å². The molecule has 0 aromatic heterocycles. The van der Waals surface area contributed by atoms with Crippen LogP contribution in [0.2, 0.25) is 0 Å². The first-order chi connectivity index (χ1) is 6.25. The quantitative estimate of drug-likeness (QED) is 0.643. The molecule has 4 heteroatoms. The van der Waals surface area contributed by atoms with E-state index in [2.05, 4.69) is 17.3 Å². The van der Waals surface area contributed by atoms with Crippen LogP contribution in [0, 0.1) is 5.92 Å². The summed E-state index contributed by atoms with van der Waals surface area (Å²) in [5, 5.41) is 2.86. The van der Waals surface area contributed by atoms with Gasteiger partial charge in [-0.1, -0.05) is 0 Å². The van der Waals surface area contributed by atoms with Crippen LogP contribution in [-0.2, 0) is 4.74 Å². The van der Waals surface area contributed by atoms with Crippen molar-refractivity contribution in [3.05, 3.63) is 0 Å². The van der Waals surface area contributed by atoms with Gasteiger partial charge in [-0.3, -0.25) is 0 Å². The predicted molar refractivity (Wildman–Crippen MR) is 48.5 cm³/mol. The van der Waals surface area contributed by atoms with Gasteiger partial charge < -0.3 is 15.0 Å². The molecule has 1 unspecified atom stereocenters. The third kappa shape index (κ3) is 1.94. The van der Waals surface area contributed by atoms with Crippen molar-refractivity contribution < 1.29 is 9.53 Å². The third-order valence-corrected chi connectivity index (χ3v) is 3.03. The zero-order valence-electron chi connectivity index (χ0n) is 7.95. The smallest absolute Gasteiger partial charge is 0.407 e. The number of alkyl carbamates (subject to hydrolysis) is 1. The highest BCUT2D eigenvalue weighted by Gasteiger charge is 2.31. The first kappa shape index (κ1) is 8.81. The van der Waals surface area contributed by atoms with Crippen LogP contribution in [0.4, 0.5) is 4.79 Å². The lowest BCUT2D eigenvalue weighted by atomic mass is 9.90. The van der Waals surface area contributed by atoms with Crippen LogP contribution in [0.1, 0.15) is 12.8 Å². The molecule has 74 valence electrons. The number of hydrogen-bond acceptors (Lipinski definition) is 3. The molecule has 0 aromatic carbocycles. The normalized spacial score (nSPS) is 31.5. The summed E-state index contributed by atoms with van der Waals surface area (Å²) in [7, 11) is 2.14. The second kappa shape index (κ2) is 3.54. The van der Waals surface area contributed by atoms with Gasteiger partial charge in [-0.15, -0.1) is 0 Å². The lowest BCUT2D eigenvalue weighted by molar-refractivity contribution is 0.164. The maximum atomic E-state index is 10.8. The Kier molecular flexibility index (Phi) is 2.40. The second-order valence-electron chi connectivity index (χ2n) is 3.99. The Labute approximate surface area is 78.2 Å². The van der Waals surface area contributed by atoms with Gasteiger partial charge in [0.15, 0.2) is 0 Å². The average Bonchev–Trinajstić information content (AvgIpc) is 2.53. The van der Waals surface area contributed by atoms with Crippen molar-refractivity contribution in [1.82, 2.24) is 10.2 Å². The summed E-state index contributed by atoms with van der Waals surface area (Å²) in [5.74, 6) is 0.614. The van der Waals surface area contributed by atoms with E-state index in [4.69, 9.17) is 4.74 Å². The van der Waals surface area contributed by atoms with E-state index >= 15 is 0 Å². The Bertz CT molecular complexity index is 200. The van der Waals surface area contributed by atoms with Crippen molar-refractivity contribution in [2.75, 3.05) is 26.7 Å². The largest absolute Gasteiger partial charge is 0.447 e. The SMILES string of the molecule is CN1CCC(C2COC(=O)N2)CC1. The molecule has 0 radical (unpaired) electrons. The fraction of sp³-hybridized carbons (Fsp3) is 0.889. The zero-order valence-corrected chi connectivity index (χ0v) is 7.95. The molecule has 2 aliphatic heterocycles. The highest BCUT2D eigenvalue weighted by molar-refractivity contribution is 5.69. The van der Waals surface area contributed by atoms with E-state index in [1.165, 1.54) is 12.8 Å². The summed E-state index contributed by atoms with van der Waals surface area (Å²) < 4.78 is 4.88. The van der Waals surface area contributed by atoms with E-state index < -0.39 is 0 Å². The summed E-state index contributed by atoms with van der Waals surface area (Å²) in [6.07, 6.45) is 2.10. The topological polar surface area (TPSA) is 41.6 Å². The number of carbonyl (C=O) groups is 1. The number of nitrogens with zero attached hydrogens (tertiary/aromatic N) is 1. The van der Waals surface area contributed by atoms with Crippen LogP contribution >= 0.6 is 0 Å². The monoisotopic (exact) mass is 184 g/mol. The number of carbonyl (C=O) groups excluding carboxylic acids is 1. The molecular formula is C9H16N2O2. The molecule has 13 heavy (non-hydrogen) atoms. The fourth-order valence-electron chi connectivity index (χ4n) is 2.09. The number of hydrogen-bond donors (Lipinski definition) is 1. The average molecular weight is 184 g/mol. The molecule has 1 atom stereocenters. The highest BCUT2D eigenvalue weighted by atomic mass is 16.6. The van der Waals surface area contributed by atoms with Gasteiger partial charge in [-0.25, -0.2) is 4.79 Å². The first-order valence-electron chi connectivity index (χ1n) is 4.87. The minimum atomic E-state index is -0.246. The summed E-state index contributed by atoms with van der Waals surface area (Å²) in [4.78, 5) is 13.1. The van der Waals surface area contributed by atoms with Gasteiger partial charge in [-0.05, 0) is 38.9 Å². The number of rotatable bonds is 1. The molecule has 2 rings (SSSR count). The van der Waals surface area contributed by atoms with Crippen LogP contribution in [0.5, 0.6) is 0 Å². The molecule has 0 spiro atoms. The van der Waals surface area contributed by atoms with Crippen LogP contribution in [0.3, 0.4) is 0 Å². The number of piperidine rings is 1. The molecule has 2 fully saturated rings. The molecule has 0 aliphatic carbocycles. The first-order valence-corrected chi connectivity index (χ1v) is 4.87. The maximum Gasteiger partial charge on any atom is 0.407 e. The molecule has 0 aromatic rings. The Balaban J connectivity index is 1.84. The number of likely N-dealkylation sites (tertiary alicyclic amines) is 1. The van der Waals surface area contributed by atoms with Gasteiger partial charge in [0.1, 0.15) is 6.61 Å². The van der Waals surface area contributed by atoms with Crippen LogP contribution in [0.25, 0.3) is 0 Å². The molecule has 0 bridgehead atoms. The van der Waals surface area contributed by atoms with E-state index in [1.807, 2.05) is 0 Å². The Morgan fingerprint density at radius 1 is 1.46 bits per heavy atom. The molecule has 2 saturated heterocycles. The summed E-state index contributed by atoms with van der Waals surface area (Å²) >= 11 is 0. The zero-order chi connectivity index (χ0) is 9.26. The van der Waals surface area contributed by atoms with Crippen molar-refractivity contribution in [2.45, 2.75) is 18.9 Å². The van der Waals surface area contributed by atoms with E-state index in [0.717, 1.165) is 13.1 Å². The molecule has 4 nitrogen and oxygen atoms in total. The van der Waals surface area contributed by atoms with Crippen molar-refractivity contribution in [3.8, 4) is 0 Å². The molecule has 2 heterocycles. The van der Waals surface area contributed by atoms with E-state index in [-0.39, 0.29) is 12.1 Å². The molecule has 2 aliphatic rings. The number of cyclic esters (lactones) is 1. The minimum Gasteiger partial charge on any atom is -0.447 e. The second-order valence-corrected chi connectivity index (χ2v) is 3.99. The number of ether oxygens (including phenoxy) is 1. The third-order valence-electron chi connectivity index (χ3n) is 3.03. The maximum absolute atomic E-state index is 10.8. The Hall–Kier alpha value is -0.770. The molecular weight excluding hydrogens is 168 g/mol. The van der Waals surface area contributed by atoms with E-state index in [9.17, 15) is 4.79 Å². The van der Waals surface area contributed by atoms with Crippen molar-refractivity contribution >= 4 is 6.09 Å². The van der Waals surface area contributed by atoms with Crippen molar-refractivity contribution in [1.29, 1.82) is 0 Å². The summed E-state index contributed by atoms with van der Waals surface area (Å²) in [6, 6.07) is 0.265. The van der Waals surface area contributed by atoms with Gasteiger partial charge in [0.2, 0.25) is 0 Å². The Morgan fingerprint density at radius 2 is 2.15 bits per heavy atom. The standard InChI is InChI=1S/C9H16N2O2/c1-11-4-2-7(3-5-11)8-6-13-9(12)10-8/h7-8H,2-6H2,1H3,(H,10,12). The summed E-state index contributed by atoms with van der Waals surface area (Å²) in [6.45, 7) is 2.83. The Morgan fingerprint density at radius 3 is 2.69 bits per heavy atom. The van der Waals surface area contributed by atoms with Gasteiger partial charge >= 0.3 is 6.09 Å². The highest BCUT2D eigenvalue weighted by Crippen LogP contribution is 2.21. The number of nitrogens with one attached hydrogen (secondary N) is 1. The minimum absolute atomic E-state index is 0.246. The van der Waals surface area contributed by atoms with Crippen LogP contribution in [0.15, 0.2) is 0 Å². The van der Waals surface area contributed by atoms with Crippen LogP contribution in [-0.4, -0.2) is 43.8 Å².